The molecule has 4 rings (SSSR count). The zero-order valence-electron chi connectivity index (χ0n) is 25.1. The van der Waals surface area contributed by atoms with Gasteiger partial charge in [-0.3, -0.25) is 9.69 Å². The summed E-state index contributed by atoms with van der Waals surface area (Å²) < 4.78 is 43.3. The largest absolute Gasteiger partial charge is 0.439 e. The Balaban J connectivity index is 0.00000529. The van der Waals surface area contributed by atoms with Gasteiger partial charge in [-0.1, -0.05) is 19.4 Å². The van der Waals surface area contributed by atoms with E-state index in [1.807, 2.05) is 11.0 Å². The van der Waals surface area contributed by atoms with Crippen molar-refractivity contribution in [3.8, 4) is 11.6 Å². The molecule has 3 amide bonds. The molecule has 1 aliphatic heterocycles. The van der Waals surface area contributed by atoms with Crippen LogP contribution in [0.3, 0.4) is 0 Å². The number of ether oxygens (including phenoxy) is 1. The number of hydrogen-bond donors (Lipinski definition) is 2. The zero-order chi connectivity index (χ0) is 31.1. The average molecular weight is 648 g/mol. The number of carbonyl (C=O) groups excluding carboxylic acids is 2. The minimum Gasteiger partial charge on any atom is -0.439 e. The summed E-state index contributed by atoms with van der Waals surface area (Å²) in [5, 5.41) is 2.81. The van der Waals surface area contributed by atoms with Gasteiger partial charge < -0.3 is 20.7 Å². The Morgan fingerprint density at radius 3 is 2.45 bits per heavy atom. The van der Waals surface area contributed by atoms with Gasteiger partial charge in [0.15, 0.2) is 9.84 Å². The van der Waals surface area contributed by atoms with Crippen LogP contribution in [0, 0.1) is 12.7 Å². The van der Waals surface area contributed by atoms with Gasteiger partial charge in [-0.15, -0.1) is 12.4 Å². The van der Waals surface area contributed by atoms with E-state index in [1.54, 1.807) is 31.3 Å². The summed E-state index contributed by atoms with van der Waals surface area (Å²) in [6.07, 6.45) is 6.32. The van der Waals surface area contributed by atoms with E-state index in [0.717, 1.165) is 50.4 Å². The molecule has 3 aromatic rings. The minimum atomic E-state index is -3.29. The summed E-state index contributed by atoms with van der Waals surface area (Å²) in [5.74, 6) is -0.662. The smallest absolute Gasteiger partial charge is 0.322 e. The summed E-state index contributed by atoms with van der Waals surface area (Å²) in [6, 6.07) is 12.0. The molecule has 0 unspecified atom stereocenters. The number of halogens is 2. The number of aromatic nitrogens is 1. The lowest BCUT2D eigenvalue weighted by Crippen LogP contribution is -2.49. The van der Waals surface area contributed by atoms with Crippen molar-refractivity contribution in [2.45, 2.75) is 57.0 Å². The molecule has 2 heterocycles. The highest BCUT2D eigenvalue weighted by atomic mass is 35.5. The number of nitrogens with one attached hydrogen (secondary N) is 1. The second-order valence-corrected chi connectivity index (χ2v) is 12.9. The van der Waals surface area contributed by atoms with Crippen molar-refractivity contribution in [3.63, 3.8) is 0 Å². The number of anilines is 1. The maximum absolute atomic E-state index is 13.9. The van der Waals surface area contributed by atoms with E-state index in [0.29, 0.717) is 36.0 Å². The van der Waals surface area contributed by atoms with Crippen molar-refractivity contribution >= 4 is 39.9 Å². The van der Waals surface area contributed by atoms with Crippen LogP contribution in [0.25, 0.3) is 0 Å². The van der Waals surface area contributed by atoms with Crippen LogP contribution < -0.4 is 15.8 Å². The number of nitrogens with two attached hydrogens (primary N) is 1. The third-order valence-corrected chi connectivity index (χ3v) is 8.60. The van der Waals surface area contributed by atoms with Crippen LogP contribution in [0.4, 0.5) is 14.9 Å². The molecule has 1 fully saturated rings. The second-order valence-electron chi connectivity index (χ2n) is 10.8. The van der Waals surface area contributed by atoms with Gasteiger partial charge >= 0.3 is 6.03 Å². The molecule has 0 spiro atoms. The summed E-state index contributed by atoms with van der Waals surface area (Å²) in [6.45, 7) is 6.75. The first-order valence-corrected chi connectivity index (χ1v) is 16.2. The summed E-state index contributed by atoms with van der Waals surface area (Å²) in [5.41, 5.74) is 7.03. The first-order valence-electron chi connectivity index (χ1n) is 14.3. The van der Waals surface area contributed by atoms with Gasteiger partial charge in [0.2, 0.25) is 5.88 Å². The Morgan fingerprint density at radius 2 is 1.86 bits per heavy atom. The first kappa shape index (κ1) is 34.7. The van der Waals surface area contributed by atoms with Crippen LogP contribution in [-0.2, 0) is 16.4 Å². The standard InChI is InChI=1S/C31H38FN5O5S.ClH/c1-4-5-14-37(31(39)35-23-7-9-27(32)26(18-23)30(33)38)24-12-15-36(16-13-24)20-22-6-11-29(34-19-22)42-28-10-8-25(17-21(28)2)43(3,40)41;/h6-11,17-19,24H,4-5,12-16,20H2,1-3H3,(H2,33,38)(H,35,39);1H. The molecule has 3 N–H and O–H groups in total. The minimum absolute atomic E-state index is 0. The van der Waals surface area contributed by atoms with E-state index in [1.165, 1.54) is 24.5 Å². The monoisotopic (exact) mass is 647 g/mol. The molecule has 0 radical (unpaired) electrons. The van der Waals surface area contributed by atoms with E-state index < -0.39 is 21.6 Å². The first-order chi connectivity index (χ1) is 20.4. The fourth-order valence-corrected chi connectivity index (χ4v) is 5.76. The molecule has 2 aromatic carbocycles. The van der Waals surface area contributed by atoms with Gasteiger partial charge in [-0.2, -0.15) is 0 Å². The Bertz CT molecular complexity index is 1560. The molecule has 0 bridgehead atoms. The van der Waals surface area contributed by atoms with Crippen molar-refractivity contribution in [1.82, 2.24) is 14.8 Å². The number of urea groups is 1. The van der Waals surface area contributed by atoms with Crippen LogP contribution in [-0.4, -0.2) is 67.1 Å². The van der Waals surface area contributed by atoms with E-state index in [4.69, 9.17) is 10.5 Å². The fraction of sp³-hybridized carbons (Fsp3) is 0.387. The molecular weight excluding hydrogens is 609 g/mol. The number of pyridine rings is 1. The second kappa shape index (κ2) is 15.3. The molecule has 0 aliphatic carbocycles. The Labute approximate surface area is 264 Å². The predicted molar refractivity (Wildman–Crippen MR) is 170 cm³/mol. The van der Waals surface area contributed by atoms with Gasteiger partial charge in [0.05, 0.1) is 10.5 Å². The van der Waals surface area contributed by atoms with Gasteiger partial charge in [-0.05, 0) is 73.7 Å². The number of amides is 3. The molecule has 0 atom stereocenters. The number of piperidine rings is 1. The highest BCUT2D eigenvalue weighted by Gasteiger charge is 2.28. The van der Waals surface area contributed by atoms with E-state index >= 15 is 0 Å². The van der Waals surface area contributed by atoms with Crippen LogP contribution in [0.1, 0.15) is 54.1 Å². The van der Waals surface area contributed by atoms with Crippen molar-refractivity contribution in [1.29, 1.82) is 0 Å². The van der Waals surface area contributed by atoms with E-state index in [2.05, 4.69) is 22.1 Å². The maximum Gasteiger partial charge on any atom is 0.322 e. The van der Waals surface area contributed by atoms with Crippen LogP contribution >= 0.6 is 12.4 Å². The molecule has 1 aliphatic rings. The molecule has 44 heavy (non-hydrogen) atoms. The lowest BCUT2D eigenvalue weighted by atomic mass is 10.0. The van der Waals surface area contributed by atoms with Gasteiger partial charge in [-0.25, -0.2) is 22.6 Å². The molecule has 1 saturated heterocycles. The number of nitrogens with zero attached hydrogens (tertiary/aromatic N) is 3. The molecule has 10 nitrogen and oxygen atoms in total. The Morgan fingerprint density at radius 1 is 1.14 bits per heavy atom. The number of sulfone groups is 1. The number of hydrogen-bond acceptors (Lipinski definition) is 7. The van der Waals surface area contributed by atoms with E-state index in [9.17, 15) is 22.4 Å². The van der Waals surface area contributed by atoms with Gasteiger partial charge in [0, 0.05) is 56.4 Å². The van der Waals surface area contributed by atoms with Crippen molar-refractivity contribution in [2.24, 2.45) is 5.73 Å². The van der Waals surface area contributed by atoms with Crippen molar-refractivity contribution in [3.05, 3.63) is 77.2 Å². The van der Waals surface area contributed by atoms with Crippen molar-refractivity contribution in [2.75, 3.05) is 31.2 Å². The number of likely N-dealkylation sites (tertiary alicyclic amines) is 1. The zero-order valence-corrected chi connectivity index (χ0v) is 26.7. The maximum atomic E-state index is 13.9. The average Bonchev–Trinajstić information content (AvgIpc) is 2.96. The van der Waals surface area contributed by atoms with Crippen LogP contribution in [0.15, 0.2) is 59.6 Å². The predicted octanol–water partition coefficient (Wildman–Crippen LogP) is 5.54. The number of aryl methyl sites for hydroxylation is 1. The molecule has 1 aromatic heterocycles. The summed E-state index contributed by atoms with van der Waals surface area (Å²) >= 11 is 0. The normalized spacial score (nSPS) is 14.0. The lowest BCUT2D eigenvalue weighted by Gasteiger charge is -2.38. The lowest BCUT2D eigenvalue weighted by molar-refractivity contribution is 0.0996. The topological polar surface area (TPSA) is 135 Å². The molecular formula is C31H39ClFN5O5S. The SMILES string of the molecule is CCCCN(C(=O)Nc1ccc(F)c(C(N)=O)c1)C1CCN(Cc2ccc(Oc3ccc(S(C)(=O)=O)cc3C)nc2)CC1.Cl. The van der Waals surface area contributed by atoms with Crippen LogP contribution in [0.2, 0.25) is 0 Å². The van der Waals surface area contributed by atoms with Crippen LogP contribution in [0.5, 0.6) is 11.6 Å². The van der Waals surface area contributed by atoms with Crippen molar-refractivity contribution < 1.29 is 27.1 Å². The molecule has 13 heteroatoms. The summed E-state index contributed by atoms with van der Waals surface area (Å²) in [7, 11) is -3.29. The quantitative estimate of drug-likeness (QED) is 0.279. The third-order valence-electron chi connectivity index (χ3n) is 7.49. The highest BCUT2D eigenvalue weighted by Crippen LogP contribution is 2.27. The summed E-state index contributed by atoms with van der Waals surface area (Å²) in [4.78, 5) is 33.6. The number of primary amides is 1. The Kier molecular flexibility index (Phi) is 12.1. The van der Waals surface area contributed by atoms with Gasteiger partial charge in [0.1, 0.15) is 11.6 Å². The van der Waals surface area contributed by atoms with Gasteiger partial charge in [0.25, 0.3) is 5.91 Å². The number of unbranched alkanes of at least 4 members (excludes halogenated alkanes) is 1. The molecule has 238 valence electrons. The Hall–Kier alpha value is -3.74. The number of rotatable bonds is 11. The third kappa shape index (κ3) is 9.13. The molecule has 0 saturated carbocycles. The number of carbonyl (C=O) groups is 2. The van der Waals surface area contributed by atoms with E-state index in [-0.39, 0.29) is 34.9 Å². The highest BCUT2D eigenvalue weighted by molar-refractivity contribution is 7.90. The number of benzene rings is 2. The fourth-order valence-electron chi connectivity index (χ4n) is 5.06.